The van der Waals surface area contributed by atoms with E-state index in [1.165, 1.54) is 5.56 Å². The Labute approximate surface area is 153 Å². The Balaban J connectivity index is 0.00000182. The number of nitrogens with zero attached hydrogens (tertiary/aromatic N) is 3. The molecule has 0 radical (unpaired) electrons. The minimum absolute atomic E-state index is 0. The second-order valence-electron chi connectivity index (χ2n) is 6.55. The molecule has 0 saturated carbocycles. The fraction of sp³-hybridized carbons (Fsp3) is 0.444. The number of benzene rings is 1. The Morgan fingerprint density at radius 1 is 1.36 bits per heavy atom. The second kappa shape index (κ2) is 7.06. The molecule has 2 aliphatic heterocycles. The first kappa shape index (κ1) is 17.8. The summed E-state index contributed by atoms with van der Waals surface area (Å²) < 4.78 is 7.09. The topological polar surface area (TPSA) is 59.4 Å². The van der Waals surface area contributed by atoms with Crippen molar-refractivity contribution in [3.05, 3.63) is 41.7 Å². The highest BCUT2D eigenvalue weighted by atomic mass is 35.5. The molecule has 1 amide bonds. The van der Waals surface area contributed by atoms with Crippen molar-refractivity contribution in [3.8, 4) is 5.75 Å². The summed E-state index contributed by atoms with van der Waals surface area (Å²) in [5.74, 6) is 1.20. The number of anilines is 1. The van der Waals surface area contributed by atoms with Crippen LogP contribution in [0.15, 0.2) is 30.6 Å². The van der Waals surface area contributed by atoms with E-state index in [-0.39, 0.29) is 30.2 Å². The average molecular weight is 363 g/mol. The molecule has 2 aromatic rings. The Hall–Kier alpha value is -2.05. The van der Waals surface area contributed by atoms with Crippen molar-refractivity contribution < 1.29 is 9.53 Å². The molecule has 25 heavy (non-hydrogen) atoms. The van der Waals surface area contributed by atoms with Crippen LogP contribution in [0.3, 0.4) is 0 Å². The largest absolute Gasteiger partial charge is 0.497 e. The molecular formula is C18H23ClN4O2. The molecule has 1 N–H and O–H groups in total. The number of fused-ring (bicyclic) bond motifs is 1. The van der Waals surface area contributed by atoms with Crippen LogP contribution >= 0.6 is 12.4 Å². The van der Waals surface area contributed by atoms with Gasteiger partial charge in [0.15, 0.2) is 0 Å². The van der Waals surface area contributed by atoms with Crippen LogP contribution in [0.1, 0.15) is 17.0 Å². The van der Waals surface area contributed by atoms with Crippen LogP contribution < -0.4 is 15.0 Å². The summed E-state index contributed by atoms with van der Waals surface area (Å²) in [7, 11) is 3.58. The summed E-state index contributed by atoms with van der Waals surface area (Å²) in [6.07, 6.45) is 4.78. The van der Waals surface area contributed by atoms with Crippen LogP contribution in [0.5, 0.6) is 5.75 Å². The molecule has 1 aromatic carbocycles. The lowest BCUT2D eigenvalue weighted by Gasteiger charge is -2.24. The lowest BCUT2D eigenvalue weighted by atomic mass is 9.90. The van der Waals surface area contributed by atoms with E-state index < -0.39 is 0 Å². The van der Waals surface area contributed by atoms with Gasteiger partial charge in [-0.3, -0.25) is 9.48 Å². The molecule has 0 aliphatic carbocycles. The zero-order valence-corrected chi connectivity index (χ0v) is 15.3. The van der Waals surface area contributed by atoms with Crippen molar-refractivity contribution in [2.45, 2.75) is 12.3 Å². The smallest absolute Gasteiger partial charge is 0.232 e. The number of nitrogens with one attached hydrogen (secondary N) is 1. The van der Waals surface area contributed by atoms with E-state index in [9.17, 15) is 4.79 Å². The third kappa shape index (κ3) is 3.12. The van der Waals surface area contributed by atoms with Gasteiger partial charge in [-0.25, -0.2) is 0 Å². The molecule has 6 nitrogen and oxygen atoms in total. The van der Waals surface area contributed by atoms with Gasteiger partial charge in [-0.1, -0.05) is 0 Å². The van der Waals surface area contributed by atoms with Gasteiger partial charge in [0, 0.05) is 44.5 Å². The number of hydrogen-bond acceptors (Lipinski definition) is 4. The molecule has 2 atom stereocenters. The molecule has 2 aliphatic rings. The first-order valence-electron chi connectivity index (χ1n) is 8.35. The van der Waals surface area contributed by atoms with Gasteiger partial charge < -0.3 is 15.0 Å². The lowest BCUT2D eigenvalue weighted by Crippen LogP contribution is -2.37. The quantitative estimate of drug-likeness (QED) is 0.903. The van der Waals surface area contributed by atoms with Gasteiger partial charge >= 0.3 is 0 Å². The molecule has 1 fully saturated rings. The minimum Gasteiger partial charge on any atom is -0.497 e. The highest BCUT2D eigenvalue weighted by Gasteiger charge is 2.39. The van der Waals surface area contributed by atoms with E-state index >= 15 is 0 Å². The maximum atomic E-state index is 13.2. The zero-order chi connectivity index (χ0) is 16.7. The molecule has 0 spiro atoms. The van der Waals surface area contributed by atoms with Crippen LogP contribution in [0.4, 0.5) is 5.69 Å². The fourth-order valence-corrected chi connectivity index (χ4v) is 3.85. The molecule has 0 bridgehead atoms. The summed E-state index contributed by atoms with van der Waals surface area (Å²) in [5.41, 5.74) is 3.35. The van der Waals surface area contributed by atoms with Gasteiger partial charge in [0.2, 0.25) is 5.91 Å². The SMILES string of the molecule is COc1ccc2c(c1)CCN2C(=O)[C@H]1CNC[C@@H]1c1cnn(C)c1.Cl. The highest BCUT2D eigenvalue weighted by Crippen LogP contribution is 2.35. The number of aryl methyl sites for hydroxylation is 1. The van der Waals surface area contributed by atoms with Crippen molar-refractivity contribution in [2.24, 2.45) is 13.0 Å². The first-order chi connectivity index (χ1) is 11.7. The number of carbonyl (C=O) groups excluding carboxylic acids is 1. The summed E-state index contributed by atoms with van der Waals surface area (Å²) >= 11 is 0. The maximum absolute atomic E-state index is 13.2. The molecule has 1 aromatic heterocycles. The van der Waals surface area contributed by atoms with Gasteiger partial charge in [0.05, 0.1) is 19.2 Å². The second-order valence-corrected chi connectivity index (χ2v) is 6.55. The van der Waals surface area contributed by atoms with Crippen molar-refractivity contribution in [1.29, 1.82) is 0 Å². The number of methoxy groups -OCH3 is 1. The molecule has 7 heteroatoms. The van der Waals surface area contributed by atoms with Crippen molar-refractivity contribution in [3.63, 3.8) is 0 Å². The Kier molecular flexibility index (Phi) is 5.01. The normalized spacial score (nSPS) is 21.8. The molecular weight excluding hydrogens is 340 g/mol. The van der Waals surface area contributed by atoms with Crippen LogP contribution in [0, 0.1) is 5.92 Å². The van der Waals surface area contributed by atoms with E-state index in [4.69, 9.17) is 4.74 Å². The minimum atomic E-state index is -0.0396. The Morgan fingerprint density at radius 3 is 2.92 bits per heavy atom. The van der Waals surface area contributed by atoms with Gasteiger partial charge in [-0.15, -0.1) is 12.4 Å². The number of halogens is 1. The molecule has 1 saturated heterocycles. The summed E-state index contributed by atoms with van der Waals surface area (Å²) in [6, 6.07) is 5.96. The van der Waals surface area contributed by atoms with E-state index in [0.29, 0.717) is 0 Å². The van der Waals surface area contributed by atoms with Crippen molar-refractivity contribution in [1.82, 2.24) is 15.1 Å². The number of carbonyl (C=O) groups is 1. The fourth-order valence-electron chi connectivity index (χ4n) is 3.85. The van der Waals surface area contributed by atoms with E-state index in [1.807, 2.05) is 42.5 Å². The van der Waals surface area contributed by atoms with Gasteiger partial charge in [0.25, 0.3) is 0 Å². The van der Waals surface area contributed by atoms with Crippen molar-refractivity contribution in [2.75, 3.05) is 31.6 Å². The lowest BCUT2D eigenvalue weighted by molar-refractivity contribution is -0.122. The Morgan fingerprint density at radius 2 is 2.20 bits per heavy atom. The summed E-state index contributed by atoms with van der Waals surface area (Å²) in [6.45, 7) is 2.30. The summed E-state index contributed by atoms with van der Waals surface area (Å²) in [5, 5.41) is 7.63. The van der Waals surface area contributed by atoms with E-state index in [0.717, 1.165) is 43.1 Å². The predicted molar refractivity (Wildman–Crippen MR) is 98.6 cm³/mol. The third-order valence-electron chi connectivity index (χ3n) is 5.13. The number of ether oxygens (including phenoxy) is 1. The number of hydrogen-bond donors (Lipinski definition) is 1. The van der Waals surface area contributed by atoms with Crippen molar-refractivity contribution >= 4 is 24.0 Å². The Bertz CT molecular complexity index is 776. The van der Waals surface area contributed by atoms with E-state index in [2.05, 4.69) is 10.4 Å². The van der Waals surface area contributed by atoms with Gasteiger partial charge in [-0.2, -0.15) is 5.10 Å². The monoisotopic (exact) mass is 362 g/mol. The van der Waals surface area contributed by atoms with Crippen LogP contribution in [-0.4, -0.2) is 42.4 Å². The highest BCUT2D eigenvalue weighted by molar-refractivity contribution is 5.98. The zero-order valence-electron chi connectivity index (χ0n) is 14.4. The van der Waals surface area contributed by atoms with Crippen LogP contribution in [0.2, 0.25) is 0 Å². The first-order valence-corrected chi connectivity index (χ1v) is 8.35. The molecule has 4 rings (SSSR count). The predicted octanol–water partition coefficient (Wildman–Crippen LogP) is 1.74. The number of aromatic nitrogens is 2. The number of amides is 1. The number of rotatable bonds is 3. The standard InChI is InChI=1S/C18H22N4O2.ClH/c1-21-11-13(8-20-21)15-9-19-10-16(15)18(23)22-6-5-12-7-14(24-2)3-4-17(12)22;/h3-4,7-8,11,15-16,19H,5-6,9-10H2,1-2H3;1H/t15-,16+;/m1./s1. The van der Waals surface area contributed by atoms with Crippen LogP contribution in [0.25, 0.3) is 0 Å². The summed E-state index contributed by atoms with van der Waals surface area (Å²) in [4.78, 5) is 15.1. The maximum Gasteiger partial charge on any atom is 0.232 e. The van der Waals surface area contributed by atoms with Crippen LogP contribution in [-0.2, 0) is 18.3 Å². The molecule has 0 unspecified atom stereocenters. The average Bonchev–Trinajstić information content (AvgIpc) is 3.32. The molecule has 3 heterocycles. The molecule has 134 valence electrons. The van der Waals surface area contributed by atoms with Gasteiger partial charge in [-0.05, 0) is 35.7 Å². The third-order valence-corrected chi connectivity index (χ3v) is 5.13. The van der Waals surface area contributed by atoms with Gasteiger partial charge in [0.1, 0.15) is 5.75 Å². The van der Waals surface area contributed by atoms with E-state index in [1.54, 1.807) is 11.8 Å².